The molecule has 0 spiro atoms. The quantitative estimate of drug-likeness (QED) is 0.128. The lowest BCUT2D eigenvalue weighted by molar-refractivity contribution is 0.592. The Bertz CT molecular complexity index is 8070. The number of rotatable bonds is 10. The van der Waals surface area contributed by atoms with Crippen LogP contribution >= 0.6 is 21.4 Å². The predicted octanol–water partition coefficient (Wildman–Crippen LogP) is 25.9. The summed E-state index contributed by atoms with van der Waals surface area (Å²) in [6.45, 7) is 0. The maximum atomic E-state index is 15.3. The van der Waals surface area contributed by atoms with E-state index in [0.29, 0.717) is 0 Å². The van der Waals surface area contributed by atoms with E-state index in [0.717, 1.165) is 175 Å². The Balaban J connectivity index is 0.000000107. The van der Waals surface area contributed by atoms with Crippen LogP contribution in [0.25, 0.3) is 160 Å². The molecule has 0 fully saturated rings. The minimum Gasteiger partial charge on any atom is -0.309 e. The molecule has 6 heterocycles. The van der Waals surface area contributed by atoms with E-state index in [9.17, 15) is 0 Å². The Morgan fingerprint density at radius 2 is 0.415 bits per heavy atom. The average molecular weight is 1630 g/mol. The lowest BCUT2D eigenvalue weighted by Gasteiger charge is -2.16. The standard InChI is InChI=1S/C42H28NOP.2C36H24NOP/c44-45(34-18-8-3-9-19-34)41-23-13-11-21-36(41)38-27-40-37(28-42(38)45)35-20-10-12-22-39(35)43(40)33-25-31(29-14-4-1-5-15-29)24-32(26-33)30-16-6-2-7-17-30;38-39(28-16-5-2-6-17-28)35-21-10-8-19-30(35)32-23-34-31(24-36(32)39)29-18-7-9-20-33(29)37(34)27-15-11-14-26(22-27)25-12-3-1-4-13-25;38-39(28-13-5-2-6-14-28)35-18-10-8-16-30(35)32-23-34-31(24-36(32)39)29-15-7-9-17-33(29)37(34)27-21-19-26(20-22-27)25-11-3-1-4-12-25/h1-28H;2*1-24H. The van der Waals surface area contributed by atoms with Gasteiger partial charge in [-0.25, -0.2) is 0 Å². The summed E-state index contributed by atoms with van der Waals surface area (Å²) in [4.78, 5) is 0. The molecule has 19 aromatic carbocycles. The Morgan fingerprint density at radius 3 is 0.780 bits per heavy atom. The van der Waals surface area contributed by atoms with Crippen LogP contribution in [0.15, 0.2) is 461 Å². The monoisotopic (exact) mass is 1630 g/mol. The zero-order valence-electron chi connectivity index (χ0n) is 66.8. The first-order chi connectivity index (χ1) is 60.7. The van der Waals surface area contributed by atoms with Crippen molar-refractivity contribution in [2.45, 2.75) is 0 Å². The Labute approximate surface area is 712 Å². The summed E-state index contributed by atoms with van der Waals surface area (Å²) in [6, 6.07) is 160. The number of benzene rings is 19. The average Bonchev–Trinajstić information content (AvgIpc) is 1.55. The molecule has 9 heteroatoms. The number of para-hydroxylation sites is 3. The molecule has 3 aromatic heterocycles. The summed E-state index contributed by atoms with van der Waals surface area (Å²) >= 11 is 0. The van der Waals surface area contributed by atoms with Crippen molar-refractivity contribution in [2.24, 2.45) is 0 Å². The molecule has 0 bridgehead atoms. The molecule has 22 aromatic rings. The molecule has 0 saturated heterocycles. The minimum atomic E-state index is -3.05. The van der Waals surface area contributed by atoms with Gasteiger partial charge in [0.15, 0.2) is 21.4 Å². The van der Waals surface area contributed by atoms with Crippen LogP contribution in [0.3, 0.4) is 0 Å². The summed E-state index contributed by atoms with van der Waals surface area (Å²) in [5.74, 6) is 0. The second-order valence-corrected chi connectivity index (χ2v) is 40.0. The van der Waals surface area contributed by atoms with E-state index in [1.807, 2.05) is 146 Å². The molecular weight excluding hydrogens is 1550 g/mol. The molecule has 3 aliphatic rings. The predicted molar refractivity (Wildman–Crippen MR) is 519 cm³/mol. The largest absolute Gasteiger partial charge is 0.309 e. The van der Waals surface area contributed by atoms with Crippen LogP contribution in [0.5, 0.6) is 0 Å². The van der Waals surface area contributed by atoms with E-state index in [4.69, 9.17) is 0 Å². The Morgan fingerprint density at radius 1 is 0.146 bits per heavy atom. The molecule has 0 aliphatic carbocycles. The number of nitrogens with zero attached hydrogens (tertiary/aromatic N) is 3. The van der Waals surface area contributed by atoms with Gasteiger partial charge in [-0.2, -0.15) is 0 Å². The topological polar surface area (TPSA) is 66.0 Å². The highest BCUT2D eigenvalue weighted by atomic mass is 31.2. The fourth-order valence-corrected chi connectivity index (χ4v) is 28.8. The summed E-state index contributed by atoms with van der Waals surface area (Å²) in [7, 11) is -9.05. The van der Waals surface area contributed by atoms with E-state index in [2.05, 4.69) is 329 Å². The zero-order valence-corrected chi connectivity index (χ0v) is 69.5. The van der Waals surface area contributed by atoms with E-state index >= 15 is 13.7 Å². The summed E-state index contributed by atoms with van der Waals surface area (Å²) in [6.07, 6.45) is 0. The van der Waals surface area contributed by atoms with Gasteiger partial charge >= 0.3 is 0 Å². The van der Waals surface area contributed by atoms with E-state index in [1.54, 1.807) is 0 Å². The van der Waals surface area contributed by atoms with Gasteiger partial charge in [-0.3, -0.25) is 0 Å². The van der Waals surface area contributed by atoms with E-state index in [-0.39, 0.29) is 0 Å². The molecule has 3 atom stereocenters. The first-order valence-electron chi connectivity index (χ1n) is 41.8. The normalized spacial score (nSPS) is 15.7. The van der Waals surface area contributed by atoms with Gasteiger partial charge in [0, 0.05) is 97.1 Å². The fourth-order valence-electron chi connectivity index (χ4n) is 19.6. The Hall–Kier alpha value is -14.7. The fraction of sp³-hybridized carbons (Fsp3) is 0. The highest BCUT2D eigenvalue weighted by Gasteiger charge is 2.44. The summed E-state index contributed by atoms with van der Waals surface area (Å²) in [5.41, 5.74) is 25.9. The number of fused-ring (bicyclic) bond motifs is 18. The van der Waals surface area contributed by atoms with Crippen molar-refractivity contribution in [1.82, 2.24) is 13.7 Å². The highest BCUT2D eigenvalue weighted by molar-refractivity contribution is 7.87. The van der Waals surface area contributed by atoms with Crippen molar-refractivity contribution in [1.29, 1.82) is 0 Å². The lowest BCUT2D eigenvalue weighted by Crippen LogP contribution is -2.20. The minimum absolute atomic E-state index is 0.877. The van der Waals surface area contributed by atoms with Crippen molar-refractivity contribution in [3.05, 3.63) is 461 Å². The smallest absolute Gasteiger partial charge is 0.172 e. The Kier molecular flexibility index (Phi) is 17.7. The molecule has 3 aliphatic heterocycles. The number of aromatic nitrogens is 3. The van der Waals surface area contributed by atoms with Gasteiger partial charge in [-0.1, -0.05) is 364 Å². The molecule has 0 amide bonds. The first-order valence-corrected chi connectivity index (χ1v) is 46.9. The number of hydrogen-bond donors (Lipinski definition) is 0. The van der Waals surface area contributed by atoms with E-state index in [1.165, 1.54) is 33.4 Å². The van der Waals surface area contributed by atoms with Crippen LogP contribution in [0, 0.1) is 0 Å². The van der Waals surface area contributed by atoms with Crippen LogP contribution in [0.1, 0.15) is 0 Å². The third kappa shape index (κ3) is 11.8. The van der Waals surface area contributed by atoms with Gasteiger partial charge in [-0.05, 0) is 175 Å². The van der Waals surface area contributed by atoms with Crippen LogP contribution in [0.2, 0.25) is 0 Å². The third-order valence-corrected chi connectivity index (χ3v) is 34.6. The molecule has 6 nitrogen and oxygen atoms in total. The maximum Gasteiger partial charge on any atom is 0.172 e. The molecule has 0 N–H and O–H groups in total. The van der Waals surface area contributed by atoms with Gasteiger partial charge < -0.3 is 27.4 Å². The van der Waals surface area contributed by atoms with Crippen molar-refractivity contribution in [2.75, 3.05) is 0 Å². The summed E-state index contributed by atoms with van der Waals surface area (Å²) < 4.78 is 52.6. The van der Waals surface area contributed by atoms with Gasteiger partial charge in [-0.15, -0.1) is 0 Å². The second kappa shape index (κ2) is 29.6. The van der Waals surface area contributed by atoms with Crippen LogP contribution < -0.4 is 47.7 Å². The van der Waals surface area contributed by atoms with Crippen LogP contribution in [-0.2, 0) is 13.7 Å². The third-order valence-electron chi connectivity index (χ3n) is 25.2. The van der Waals surface area contributed by atoms with Gasteiger partial charge in [0.05, 0.1) is 33.1 Å². The second-order valence-electron chi connectivity index (χ2n) is 31.9. The van der Waals surface area contributed by atoms with Crippen LogP contribution in [0.4, 0.5) is 0 Å². The molecule has 580 valence electrons. The molecular formula is C114H76N3O3P3. The van der Waals surface area contributed by atoms with E-state index < -0.39 is 21.4 Å². The molecule has 123 heavy (non-hydrogen) atoms. The van der Waals surface area contributed by atoms with Gasteiger partial charge in [0.2, 0.25) is 0 Å². The maximum absolute atomic E-state index is 15.3. The highest BCUT2D eigenvalue weighted by Crippen LogP contribution is 2.57. The summed E-state index contributed by atoms with van der Waals surface area (Å²) in [5, 5.41) is 15.1. The molecule has 3 unspecified atom stereocenters. The molecule has 25 rings (SSSR count). The molecule has 0 radical (unpaired) electrons. The van der Waals surface area contributed by atoms with Crippen molar-refractivity contribution in [3.63, 3.8) is 0 Å². The van der Waals surface area contributed by atoms with Crippen LogP contribution in [-0.4, -0.2) is 13.7 Å². The van der Waals surface area contributed by atoms with Crippen molar-refractivity contribution in [3.8, 4) is 95.0 Å². The zero-order chi connectivity index (χ0) is 81.9. The van der Waals surface area contributed by atoms with Crippen molar-refractivity contribution >= 4 is 135 Å². The molecule has 0 saturated carbocycles. The van der Waals surface area contributed by atoms with Crippen molar-refractivity contribution < 1.29 is 13.7 Å². The number of hydrogen-bond acceptors (Lipinski definition) is 3. The van der Waals surface area contributed by atoms with Gasteiger partial charge in [0.1, 0.15) is 0 Å². The van der Waals surface area contributed by atoms with Gasteiger partial charge in [0.25, 0.3) is 0 Å². The lowest BCUT2D eigenvalue weighted by atomic mass is 9.98. The SMILES string of the molecule is O=P1(c2ccccc2)c2ccccc2-c2cc3c(cc21)c1ccccc1n3-c1cc(-c2ccccc2)cc(-c2ccccc2)c1.O=P1(c2ccccc2)c2ccccc2-c2cc3c(cc21)c1ccccc1n3-c1ccc(-c2ccccc2)cc1.O=P1(c2ccccc2)c2ccccc2-c2cc3c(cc21)c1ccccc1n3-c1cccc(-c2ccccc2)c1. The first kappa shape index (κ1) is 73.4.